The van der Waals surface area contributed by atoms with Crippen LogP contribution < -0.4 is 4.90 Å². The highest BCUT2D eigenvalue weighted by atomic mass is 35.5. The summed E-state index contributed by atoms with van der Waals surface area (Å²) in [6.07, 6.45) is 6.11. The molecule has 3 fully saturated rings. The van der Waals surface area contributed by atoms with Crippen molar-refractivity contribution in [1.29, 1.82) is 0 Å². The van der Waals surface area contributed by atoms with Crippen LogP contribution in [-0.4, -0.2) is 64.8 Å². The third kappa shape index (κ3) is 5.19. The van der Waals surface area contributed by atoms with Crippen molar-refractivity contribution < 1.29 is 29.0 Å². The molecule has 43 heavy (non-hydrogen) atoms. The van der Waals surface area contributed by atoms with E-state index in [1.165, 1.54) is 4.90 Å². The van der Waals surface area contributed by atoms with E-state index in [4.69, 9.17) is 21.1 Å². The number of aliphatic hydroxyl groups is 1. The first-order chi connectivity index (χ1) is 20.8. The summed E-state index contributed by atoms with van der Waals surface area (Å²) in [6, 6.07) is 14.1. The number of carbonyl (C=O) groups excluding carboxylic acids is 3. The number of fused-ring (bicyclic) bond motifs is 1. The predicted octanol–water partition coefficient (Wildman–Crippen LogP) is 5.26. The first-order valence-corrected chi connectivity index (χ1v) is 15.3. The molecule has 2 amide bonds. The molecular formula is C34H39ClN2O6. The van der Waals surface area contributed by atoms with Gasteiger partial charge in [-0.1, -0.05) is 61.0 Å². The topological polar surface area (TPSA) is 96.4 Å². The third-order valence-electron chi connectivity index (χ3n) is 9.31. The molecule has 3 aliphatic heterocycles. The van der Waals surface area contributed by atoms with Crippen LogP contribution in [0.5, 0.6) is 0 Å². The molecule has 0 aromatic heterocycles. The molecule has 2 bridgehead atoms. The number of carbonyl (C=O) groups is 3. The van der Waals surface area contributed by atoms with Crippen molar-refractivity contribution in [2.24, 2.45) is 11.8 Å². The van der Waals surface area contributed by atoms with E-state index in [9.17, 15) is 19.5 Å². The van der Waals surface area contributed by atoms with Gasteiger partial charge in [0.25, 0.3) is 5.91 Å². The first kappa shape index (κ1) is 31.0. The van der Waals surface area contributed by atoms with E-state index >= 15 is 0 Å². The van der Waals surface area contributed by atoms with Gasteiger partial charge >= 0.3 is 5.97 Å². The minimum atomic E-state index is -1.27. The third-order valence-corrected chi connectivity index (χ3v) is 9.56. The largest absolute Gasteiger partial charge is 0.465 e. The number of rotatable bonds is 13. The summed E-state index contributed by atoms with van der Waals surface area (Å²) in [5, 5.41) is 11.2. The Kier molecular flexibility index (Phi) is 9.11. The molecule has 3 aliphatic rings. The zero-order chi connectivity index (χ0) is 30.8. The summed E-state index contributed by atoms with van der Waals surface area (Å²) in [7, 11) is 0. The van der Waals surface area contributed by atoms with Gasteiger partial charge in [0.05, 0.1) is 30.8 Å². The molecule has 2 unspecified atom stereocenters. The van der Waals surface area contributed by atoms with E-state index in [0.717, 1.165) is 0 Å². The highest BCUT2D eigenvalue weighted by Crippen LogP contribution is 2.65. The van der Waals surface area contributed by atoms with Gasteiger partial charge in [0.2, 0.25) is 5.91 Å². The van der Waals surface area contributed by atoms with Crippen molar-refractivity contribution in [3.63, 3.8) is 0 Å². The van der Waals surface area contributed by atoms with Gasteiger partial charge in [-0.25, -0.2) is 0 Å². The van der Waals surface area contributed by atoms with Gasteiger partial charge in [0.1, 0.15) is 17.6 Å². The molecule has 1 spiro atoms. The second-order valence-electron chi connectivity index (χ2n) is 11.5. The Morgan fingerprint density at radius 3 is 2.51 bits per heavy atom. The number of aliphatic hydroxyl groups excluding tert-OH is 1. The van der Waals surface area contributed by atoms with Gasteiger partial charge in [0.15, 0.2) is 0 Å². The van der Waals surface area contributed by atoms with Crippen molar-refractivity contribution in [3.05, 3.63) is 90.5 Å². The standard InChI is InChI=1S/C34H39ClN2O6/c1-4-7-11-21-42-32(41)28-27-30(39)37(26(22-38)23-12-9-8-10-13-23)29(34(27)19-18-33(28,6-3)43-34)31(40)36(20-5-2)25-16-14-24(35)15-17-25/h4-5,8-10,12-17,26-29,38H,1-2,6-7,11,18-22H2,3H3/t26-,27+,28+,29?,33-,34?/m1/s1. The molecule has 2 aromatic carbocycles. The molecule has 3 heterocycles. The molecule has 0 radical (unpaired) electrons. The summed E-state index contributed by atoms with van der Waals surface area (Å²) in [5.41, 5.74) is -0.940. The minimum absolute atomic E-state index is 0.169. The Morgan fingerprint density at radius 2 is 1.88 bits per heavy atom. The van der Waals surface area contributed by atoms with E-state index in [1.807, 2.05) is 37.3 Å². The molecule has 9 heteroatoms. The second kappa shape index (κ2) is 12.6. The average Bonchev–Trinajstić information content (AvgIpc) is 3.63. The van der Waals surface area contributed by atoms with Crippen LogP contribution in [0, 0.1) is 11.8 Å². The van der Waals surface area contributed by atoms with Crippen LogP contribution in [0.15, 0.2) is 79.9 Å². The van der Waals surface area contributed by atoms with Crippen molar-refractivity contribution in [1.82, 2.24) is 4.90 Å². The Balaban J connectivity index is 1.63. The smallest absolute Gasteiger partial charge is 0.312 e. The zero-order valence-electron chi connectivity index (χ0n) is 24.5. The number of amides is 2. The highest BCUT2D eigenvalue weighted by molar-refractivity contribution is 6.30. The van der Waals surface area contributed by atoms with Crippen molar-refractivity contribution >= 4 is 35.1 Å². The quantitative estimate of drug-likeness (QED) is 0.190. The number of benzene rings is 2. The Hall–Kier alpha value is -3.46. The molecule has 5 rings (SSSR count). The number of hydrogen-bond donors (Lipinski definition) is 1. The summed E-state index contributed by atoms with van der Waals surface area (Å²) >= 11 is 6.15. The van der Waals surface area contributed by atoms with Crippen LogP contribution in [0.25, 0.3) is 0 Å². The van der Waals surface area contributed by atoms with Crippen LogP contribution in [0.3, 0.4) is 0 Å². The van der Waals surface area contributed by atoms with Crippen LogP contribution >= 0.6 is 11.6 Å². The number of hydrogen-bond acceptors (Lipinski definition) is 6. The fourth-order valence-electron chi connectivity index (χ4n) is 7.37. The van der Waals surface area contributed by atoms with Crippen molar-refractivity contribution in [2.75, 3.05) is 24.7 Å². The first-order valence-electron chi connectivity index (χ1n) is 14.9. The number of ether oxygens (including phenoxy) is 2. The fourth-order valence-corrected chi connectivity index (χ4v) is 7.50. The monoisotopic (exact) mass is 606 g/mol. The summed E-state index contributed by atoms with van der Waals surface area (Å²) < 4.78 is 12.6. The van der Waals surface area contributed by atoms with Crippen LogP contribution in [0.4, 0.5) is 5.69 Å². The number of likely N-dealkylation sites (tertiary alicyclic amines) is 1. The molecule has 6 atom stereocenters. The number of allylic oxidation sites excluding steroid dienone is 1. The maximum Gasteiger partial charge on any atom is 0.312 e. The number of anilines is 1. The molecular weight excluding hydrogens is 568 g/mol. The Labute approximate surface area is 257 Å². The number of esters is 1. The minimum Gasteiger partial charge on any atom is -0.465 e. The molecule has 2 aromatic rings. The van der Waals surface area contributed by atoms with E-state index in [0.29, 0.717) is 48.4 Å². The maximum atomic E-state index is 14.8. The van der Waals surface area contributed by atoms with Crippen molar-refractivity contribution in [3.8, 4) is 0 Å². The van der Waals surface area contributed by atoms with Gasteiger partial charge in [0, 0.05) is 17.3 Å². The van der Waals surface area contributed by atoms with Crippen molar-refractivity contribution in [2.45, 2.75) is 62.3 Å². The lowest BCUT2D eigenvalue weighted by Gasteiger charge is -2.39. The fraction of sp³-hybridized carbons (Fsp3) is 0.441. The normalized spacial score (nSPS) is 27.9. The van der Waals surface area contributed by atoms with Crippen LogP contribution in [0.2, 0.25) is 5.02 Å². The number of nitrogens with zero attached hydrogens (tertiary/aromatic N) is 2. The lowest BCUT2D eigenvalue weighted by molar-refractivity contribution is -0.162. The molecule has 1 N–H and O–H groups in total. The maximum absolute atomic E-state index is 14.8. The SMILES string of the molecule is C=CCCCOC(=O)[C@@H]1[C@H]2C(=O)N([C@H](CO)c3ccccc3)C(C(=O)N(CC=C)c3ccc(Cl)cc3)C23CC[C@@]1(CC)O3. The van der Waals surface area contributed by atoms with Gasteiger partial charge < -0.3 is 24.4 Å². The van der Waals surface area contributed by atoms with Gasteiger partial charge in [-0.3, -0.25) is 14.4 Å². The zero-order valence-corrected chi connectivity index (χ0v) is 25.2. The van der Waals surface area contributed by atoms with E-state index in [1.54, 1.807) is 41.3 Å². The molecule has 0 aliphatic carbocycles. The molecule has 228 valence electrons. The highest BCUT2D eigenvalue weighted by Gasteiger charge is 2.79. The second-order valence-corrected chi connectivity index (χ2v) is 11.9. The average molecular weight is 607 g/mol. The lowest BCUT2D eigenvalue weighted by atomic mass is 9.65. The summed E-state index contributed by atoms with van der Waals surface area (Å²) in [5.74, 6) is -3.06. The summed E-state index contributed by atoms with van der Waals surface area (Å²) in [6.45, 7) is 9.47. The molecule has 3 saturated heterocycles. The molecule has 8 nitrogen and oxygen atoms in total. The molecule has 0 saturated carbocycles. The van der Waals surface area contributed by atoms with Crippen LogP contribution in [0.1, 0.15) is 50.6 Å². The van der Waals surface area contributed by atoms with Gasteiger partial charge in [-0.2, -0.15) is 0 Å². The lowest BCUT2D eigenvalue weighted by Crippen LogP contribution is -2.57. The van der Waals surface area contributed by atoms with E-state index in [-0.39, 0.29) is 25.0 Å². The number of halogens is 1. The Morgan fingerprint density at radius 1 is 1.16 bits per heavy atom. The Bertz CT molecular complexity index is 1370. The van der Waals surface area contributed by atoms with Crippen LogP contribution in [-0.2, 0) is 23.9 Å². The predicted molar refractivity (Wildman–Crippen MR) is 164 cm³/mol. The van der Waals surface area contributed by atoms with E-state index in [2.05, 4.69) is 13.2 Å². The van der Waals surface area contributed by atoms with Gasteiger partial charge in [-0.05, 0) is 61.9 Å². The summed E-state index contributed by atoms with van der Waals surface area (Å²) in [4.78, 5) is 46.3. The van der Waals surface area contributed by atoms with Gasteiger partial charge in [-0.15, -0.1) is 13.2 Å². The van der Waals surface area contributed by atoms with E-state index < -0.39 is 47.7 Å². The number of unbranched alkanes of at least 4 members (excludes halogenated alkanes) is 1.